The Labute approximate surface area is 130 Å². The second-order valence-corrected chi connectivity index (χ2v) is 6.29. The quantitative estimate of drug-likeness (QED) is 0.765. The van der Waals surface area contributed by atoms with Gasteiger partial charge in [0.2, 0.25) is 0 Å². The molecule has 2 aromatic rings. The molecule has 0 radical (unpaired) electrons. The highest BCUT2D eigenvalue weighted by Crippen LogP contribution is 2.19. The van der Waals surface area contributed by atoms with Crippen molar-refractivity contribution in [1.82, 2.24) is 10.3 Å². The number of nitrogens with one attached hydrogen (secondary N) is 2. The Kier molecular flexibility index (Phi) is 4.78. The Hall–Kier alpha value is -1.52. The summed E-state index contributed by atoms with van der Waals surface area (Å²) in [5.74, 6) is 0.930. The fourth-order valence-corrected chi connectivity index (χ4v) is 2.64. The van der Waals surface area contributed by atoms with Crippen LogP contribution in [0, 0.1) is 0 Å². The number of rotatable bonds is 7. The van der Waals surface area contributed by atoms with Crippen molar-refractivity contribution in [2.75, 3.05) is 11.6 Å². The minimum absolute atomic E-state index is 0.742. The van der Waals surface area contributed by atoms with E-state index >= 15 is 0 Å². The van der Waals surface area contributed by atoms with Crippen LogP contribution in [0.3, 0.4) is 0 Å². The van der Waals surface area contributed by atoms with Crippen LogP contribution in [0.15, 0.2) is 47.5 Å². The van der Waals surface area contributed by atoms with Gasteiger partial charge >= 0.3 is 0 Å². The molecule has 2 N–H and O–H groups in total. The van der Waals surface area contributed by atoms with Crippen LogP contribution >= 0.6 is 11.8 Å². The first-order valence-electron chi connectivity index (χ1n) is 7.38. The van der Waals surface area contributed by atoms with Crippen molar-refractivity contribution in [1.29, 1.82) is 0 Å². The molecule has 3 nitrogen and oxygen atoms in total. The second-order valence-electron chi connectivity index (χ2n) is 5.41. The summed E-state index contributed by atoms with van der Waals surface area (Å²) in [5, 5.41) is 6.88. The topological polar surface area (TPSA) is 37.0 Å². The van der Waals surface area contributed by atoms with Gasteiger partial charge < -0.3 is 10.6 Å². The lowest BCUT2D eigenvalue weighted by Gasteiger charge is -2.08. The predicted octanol–water partition coefficient (Wildman–Crippen LogP) is 3.67. The summed E-state index contributed by atoms with van der Waals surface area (Å²) >= 11 is 1.77. The molecule has 1 fully saturated rings. The molecule has 110 valence electrons. The Bertz CT molecular complexity index is 579. The van der Waals surface area contributed by atoms with Crippen molar-refractivity contribution in [3.05, 3.63) is 53.7 Å². The number of aromatic nitrogens is 1. The van der Waals surface area contributed by atoms with Crippen LogP contribution in [0.5, 0.6) is 0 Å². The lowest BCUT2D eigenvalue weighted by molar-refractivity contribution is 0.686. The molecule has 4 heteroatoms. The van der Waals surface area contributed by atoms with E-state index in [-0.39, 0.29) is 0 Å². The van der Waals surface area contributed by atoms with Gasteiger partial charge in [0.25, 0.3) is 0 Å². The molecule has 1 saturated carbocycles. The average Bonchev–Trinajstić information content (AvgIpc) is 3.36. The molecule has 0 amide bonds. The third-order valence-corrected chi connectivity index (χ3v) is 4.33. The molecule has 0 spiro atoms. The van der Waals surface area contributed by atoms with E-state index in [0.717, 1.165) is 24.9 Å². The number of benzene rings is 1. The number of hydrogen-bond donors (Lipinski definition) is 2. The summed E-state index contributed by atoms with van der Waals surface area (Å²) in [7, 11) is 0. The normalized spacial score (nSPS) is 14.1. The Balaban J connectivity index is 1.52. The minimum Gasteiger partial charge on any atom is -0.366 e. The van der Waals surface area contributed by atoms with E-state index in [0.29, 0.717) is 0 Å². The third kappa shape index (κ3) is 4.48. The van der Waals surface area contributed by atoms with E-state index in [9.17, 15) is 0 Å². The third-order valence-electron chi connectivity index (χ3n) is 3.60. The molecule has 1 heterocycles. The van der Waals surface area contributed by atoms with Crippen molar-refractivity contribution in [3.8, 4) is 0 Å². The van der Waals surface area contributed by atoms with Crippen LogP contribution in [0.4, 0.5) is 5.82 Å². The fourth-order valence-electron chi connectivity index (χ4n) is 2.16. The zero-order chi connectivity index (χ0) is 14.5. The maximum atomic E-state index is 4.48. The summed E-state index contributed by atoms with van der Waals surface area (Å²) in [5.41, 5.74) is 2.53. The van der Waals surface area contributed by atoms with Gasteiger partial charge in [-0.25, -0.2) is 4.98 Å². The maximum absolute atomic E-state index is 4.48. The van der Waals surface area contributed by atoms with Crippen LogP contribution in [0.2, 0.25) is 0 Å². The predicted molar refractivity (Wildman–Crippen MR) is 89.6 cm³/mol. The van der Waals surface area contributed by atoms with Crippen LogP contribution < -0.4 is 10.6 Å². The Morgan fingerprint density at radius 2 is 2.05 bits per heavy atom. The molecule has 0 saturated heterocycles. The monoisotopic (exact) mass is 299 g/mol. The summed E-state index contributed by atoms with van der Waals surface area (Å²) in [6, 6.07) is 13.5. The van der Waals surface area contributed by atoms with E-state index < -0.39 is 0 Å². The Morgan fingerprint density at radius 3 is 2.76 bits per heavy atom. The smallest absolute Gasteiger partial charge is 0.126 e. The van der Waals surface area contributed by atoms with Crippen molar-refractivity contribution >= 4 is 17.6 Å². The summed E-state index contributed by atoms with van der Waals surface area (Å²) in [6.07, 6.45) is 6.70. The number of nitrogens with zero attached hydrogens (tertiary/aromatic N) is 1. The minimum atomic E-state index is 0.742. The molecule has 1 aliphatic rings. The molecule has 1 aliphatic carbocycles. The lowest BCUT2D eigenvalue weighted by atomic mass is 10.2. The largest absolute Gasteiger partial charge is 0.366 e. The van der Waals surface area contributed by atoms with Crippen LogP contribution in [-0.2, 0) is 13.1 Å². The van der Waals surface area contributed by atoms with Crippen molar-refractivity contribution in [2.45, 2.75) is 36.9 Å². The SMILES string of the molecule is CSc1cccc(CNc2ccc(CNC3CC3)cn2)c1. The maximum Gasteiger partial charge on any atom is 0.126 e. The molecule has 1 aromatic carbocycles. The highest BCUT2D eigenvalue weighted by Gasteiger charge is 2.19. The lowest BCUT2D eigenvalue weighted by Crippen LogP contribution is -2.15. The van der Waals surface area contributed by atoms with Gasteiger partial charge in [-0.2, -0.15) is 0 Å². The fraction of sp³-hybridized carbons (Fsp3) is 0.353. The highest BCUT2D eigenvalue weighted by molar-refractivity contribution is 7.98. The molecule has 1 aromatic heterocycles. The summed E-state index contributed by atoms with van der Waals surface area (Å²) in [4.78, 5) is 5.77. The van der Waals surface area contributed by atoms with E-state index in [1.807, 2.05) is 6.20 Å². The van der Waals surface area contributed by atoms with Gasteiger partial charge in [-0.1, -0.05) is 18.2 Å². The zero-order valence-electron chi connectivity index (χ0n) is 12.3. The first kappa shape index (κ1) is 14.4. The molecule has 0 unspecified atom stereocenters. The van der Waals surface area contributed by atoms with Crippen LogP contribution in [0.1, 0.15) is 24.0 Å². The number of anilines is 1. The van der Waals surface area contributed by atoms with Gasteiger partial charge in [-0.05, 0) is 48.4 Å². The Morgan fingerprint density at radius 1 is 1.14 bits per heavy atom. The van der Waals surface area contributed by atoms with Gasteiger partial charge in [-0.15, -0.1) is 11.8 Å². The molecule has 0 bridgehead atoms. The molecular weight excluding hydrogens is 278 g/mol. The van der Waals surface area contributed by atoms with Gasteiger partial charge in [0.1, 0.15) is 5.82 Å². The van der Waals surface area contributed by atoms with Crippen LogP contribution in [-0.4, -0.2) is 17.3 Å². The molecular formula is C17H21N3S. The average molecular weight is 299 g/mol. The molecule has 3 rings (SSSR count). The van der Waals surface area contributed by atoms with Crippen molar-refractivity contribution in [2.24, 2.45) is 0 Å². The van der Waals surface area contributed by atoms with Gasteiger partial charge in [0.05, 0.1) is 0 Å². The van der Waals surface area contributed by atoms with Crippen LogP contribution in [0.25, 0.3) is 0 Å². The van der Waals surface area contributed by atoms with Crippen molar-refractivity contribution < 1.29 is 0 Å². The standard InChI is InChI=1S/C17H21N3S/c1-21-16-4-2-3-13(9-16)10-19-17-8-5-14(12-20-17)11-18-15-6-7-15/h2-5,8-9,12,15,18H,6-7,10-11H2,1H3,(H,19,20). The van der Waals surface area contributed by atoms with E-state index in [1.54, 1.807) is 11.8 Å². The van der Waals surface area contributed by atoms with Gasteiger partial charge in [0, 0.05) is 30.2 Å². The van der Waals surface area contributed by atoms with E-state index in [4.69, 9.17) is 0 Å². The summed E-state index contributed by atoms with van der Waals surface area (Å²) < 4.78 is 0. The summed E-state index contributed by atoms with van der Waals surface area (Å²) in [6.45, 7) is 1.73. The first-order chi connectivity index (χ1) is 10.3. The number of pyridine rings is 1. The molecule has 0 atom stereocenters. The number of thioether (sulfide) groups is 1. The second kappa shape index (κ2) is 6.96. The number of hydrogen-bond acceptors (Lipinski definition) is 4. The molecule has 21 heavy (non-hydrogen) atoms. The van der Waals surface area contributed by atoms with Crippen molar-refractivity contribution in [3.63, 3.8) is 0 Å². The first-order valence-corrected chi connectivity index (χ1v) is 8.61. The van der Waals surface area contributed by atoms with E-state index in [2.05, 4.69) is 58.3 Å². The highest BCUT2D eigenvalue weighted by atomic mass is 32.2. The molecule has 0 aliphatic heterocycles. The van der Waals surface area contributed by atoms with Gasteiger partial charge in [-0.3, -0.25) is 0 Å². The van der Waals surface area contributed by atoms with Gasteiger partial charge in [0.15, 0.2) is 0 Å². The van der Waals surface area contributed by atoms with E-state index in [1.165, 1.54) is 28.9 Å². The zero-order valence-corrected chi connectivity index (χ0v) is 13.1.